The number of nitrogens with one attached hydrogen (secondary N) is 1. The Balaban J connectivity index is 1.82. The fraction of sp³-hybridized carbons (Fsp3) is 0.538. The van der Waals surface area contributed by atoms with Crippen LogP contribution in [0, 0.1) is 11.2 Å². The van der Waals surface area contributed by atoms with Crippen LogP contribution in [0.2, 0.25) is 0 Å². The van der Waals surface area contributed by atoms with Crippen LogP contribution in [0.4, 0.5) is 4.39 Å². The van der Waals surface area contributed by atoms with Crippen LogP contribution in [-0.4, -0.2) is 12.4 Å². The third kappa shape index (κ3) is 3.67. The molecular weight excluding hydrogens is 305 g/mol. The smallest absolute Gasteiger partial charge is 0.124 e. The van der Waals surface area contributed by atoms with Gasteiger partial charge < -0.3 is 5.32 Å². The summed E-state index contributed by atoms with van der Waals surface area (Å²) in [5.41, 5.74) is 1.53. The van der Waals surface area contributed by atoms with Gasteiger partial charge in [-0.25, -0.2) is 4.39 Å². The molecule has 0 bridgehead atoms. The average molecular weight is 321 g/mol. The molecule has 0 unspecified atom stereocenters. The van der Waals surface area contributed by atoms with Gasteiger partial charge in [-0.05, 0) is 42.4 Å². The van der Waals surface area contributed by atoms with Crippen molar-refractivity contribution in [2.45, 2.75) is 25.8 Å². The molecule has 0 heterocycles. The maximum atomic E-state index is 12.9. The van der Waals surface area contributed by atoms with Gasteiger partial charge in [0.15, 0.2) is 0 Å². The van der Waals surface area contributed by atoms with Crippen molar-refractivity contribution >= 4 is 27.5 Å². The highest BCUT2D eigenvalue weighted by molar-refractivity contribution is 9.10. The summed E-state index contributed by atoms with van der Waals surface area (Å²) in [4.78, 5) is 0. The van der Waals surface area contributed by atoms with E-state index in [1.807, 2.05) is 6.07 Å². The van der Waals surface area contributed by atoms with Crippen LogP contribution < -0.4 is 5.32 Å². The predicted octanol–water partition coefficient (Wildman–Crippen LogP) is 4.09. The Morgan fingerprint density at radius 3 is 2.76 bits per heavy atom. The van der Waals surface area contributed by atoms with E-state index in [0.717, 1.165) is 35.4 Å². The van der Waals surface area contributed by atoms with Crippen molar-refractivity contribution in [2.24, 2.45) is 5.41 Å². The zero-order chi connectivity index (χ0) is 12.3. The van der Waals surface area contributed by atoms with E-state index in [9.17, 15) is 4.39 Å². The summed E-state index contributed by atoms with van der Waals surface area (Å²) in [6.45, 7) is 1.77. The molecule has 2 rings (SSSR count). The van der Waals surface area contributed by atoms with Crippen molar-refractivity contribution in [1.82, 2.24) is 5.32 Å². The van der Waals surface area contributed by atoms with Gasteiger partial charge in [-0.3, -0.25) is 0 Å². The van der Waals surface area contributed by atoms with Crippen LogP contribution in [0.3, 0.4) is 0 Å². The van der Waals surface area contributed by atoms with Crippen molar-refractivity contribution in [3.05, 3.63) is 34.1 Å². The van der Waals surface area contributed by atoms with Gasteiger partial charge in [0.1, 0.15) is 5.82 Å². The first-order valence-electron chi connectivity index (χ1n) is 5.86. The van der Waals surface area contributed by atoms with E-state index >= 15 is 0 Å². The number of rotatable bonds is 6. The predicted molar refractivity (Wildman–Crippen MR) is 72.8 cm³/mol. The lowest BCUT2D eigenvalue weighted by atomic mass is 10.0. The average Bonchev–Trinajstić information content (AvgIpc) is 3.02. The molecule has 1 aliphatic carbocycles. The fourth-order valence-electron chi connectivity index (χ4n) is 2.02. The lowest BCUT2D eigenvalue weighted by Gasteiger charge is -2.14. The van der Waals surface area contributed by atoms with E-state index in [0.29, 0.717) is 5.41 Å². The molecule has 1 aliphatic rings. The van der Waals surface area contributed by atoms with Crippen LogP contribution in [0.1, 0.15) is 24.8 Å². The normalized spacial score (nSPS) is 17.1. The van der Waals surface area contributed by atoms with Gasteiger partial charge in [-0.2, -0.15) is 0 Å². The van der Waals surface area contributed by atoms with Gasteiger partial charge in [0, 0.05) is 23.4 Å². The molecule has 0 amide bonds. The molecular formula is C13H16BrClFN. The third-order valence-electron chi connectivity index (χ3n) is 3.41. The summed E-state index contributed by atoms with van der Waals surface area (Å²) in [6, 6.07) is 4.81. The lowest BCUT2D eigenvalue weighted by Crippen LogP contribution is -2.24. The van der Waals surface area contributed by atoms with Gasteiger partial charge >= 0.3 is 0 Å². The van der Waals surface area contributed by atoms with Crippen molar-refractivity contribution in [1.29, 1.82) is 0 Å². The second-order valence-electron chi connectivity index (χ2n) is 4.78. The maximum absolute atomic E-state index is 12.9. The molecule has 1 N–H and O–H groups in total. The Morgan fingerprint density at radius 1 is 1.41 bits per heavy atom. The standard InChI is InChI=1S/C13H16BrClFN/c14-12-7-11(16)2-1-10(12)8-17-9-13(3-4-13)5-6-15/h1-2,7,17H,3-6,8-9H2. The van der Waals surface area contributed by atoms with E-state index < -0.39 is 0 Å². The number of benzene rings is 1. The summed E-state index contributed by atoms with van der Waals surface area (Å²) < 4.78 is 13.7. The Labute approximate surface area is 115 Å². The monoisotopic (exact) mass is 319 g/mol. The SMILES string of the molecule is Fc1ccc(CNCC2(CCCl)CC2)c(Br)c1. The van der Waals surface area contributed by atoms with E-state index in [2.05, 4.69) is 21.2 Å². The Hall–Kier alpha value is -0.120. The van der Waals surface area contributed by atoms with Crippen LogP contribution in [0.15, 0.2) is 22.7 Å². The van der Waals surface area contributed by atoms with Crippen molar-refractivity contribution in [3.8, 4) is 0 Å². The highest BCUT2D eigenvalue weighted by Gasteiger charge is 2.41. The first-order valence-corrected chi connectivity index (χ1v) is 7.19. The van der Waals surface area contributed by atoms with E-state index in [4.69, 9.17) is 11.6 Å². The van der Waals surface area contributed by atoms with Crippen molar-refractivity contribution < 1.29 is 4.39 Å². The number of halogens is 3. The molecule has 1 aromatic rings. The Kier molecular flexibility index (Phi) is 4.45. The van der Waals surface area contributed by atoms with E-state index in [-0.39, 0.29) is 5.82 Å². The fourth-order valence-corrected chi connectivity index (χ4v) is 2.91. The quantitative estimate of drug-likeness (QED) is 0.779. The second-order valence-corrected chi connectivity index (χ2v) is 6.01. The maximum Gasteiger partial charge on any atom is 0.124 e. The third-order valence-corrected chi connectivity index (χ3v) is 4.34. The van der Waals surface area contributed by atoms with Crippen LogP contribution in [0.5, 0.6) is 0 Å². The minimum atomic E-state index is -0.207. The largest absolute Gasteiger partial charge is 0.312 e. The Bertz CT molecular complexity index is 393. The highest BCUT2D eigenvalue weighted by Crippen LogP contribution is 2.48. The van der Waals surface area contributed by atoms with E-state index in [1.165, 1.54) is 25.0 Å². The van der Waals surface area contributed by atoms with Crippen LogP contribution >= 0.6 is 27.5 Å². The molecule has 94 valence electrons. The zero-order valence-corrected chi connectivity index (χ0v) is 12.0. The number of hydrogen-bond donors (Lipinski definition) is 1. The minimum Gasteiger partial charge on any atom is -0.312 e. The second kappa shape index (κ2) is 5.68. The first kappa shape index (κ1) is 13.3. The molecule has 1 aromatic carbocycles. The van der Waals surface area contributed by atoms with Gasteiger partial charge in [0.05, 0.1) is 0 Å². The molecule has 0 aromatic heterocycles. The lowest BCUT2D eigenvalue weighted by molar-refractivity contribution is 0.445. The molecule has 0 spiro atoms. The molecule has 1 nitrogen and oxygen atoms in total. The van der Waals surface area contributed by atoms with Gasteiger partial charge in [-0.1, -0.05) is 22.0 Å². The minimum absolute atomic E-state index is 0.207. The topological polar surface area (TPSA) is 12.0 Å². The highest BCUT2D eigenvalue weighted by atomic mass is 79.9. The van der Waals surface area contributed by atoms with E-state index in [1.54, 1.807) is 0 Å². The summed E-state index contributed by atoms with van der Waals surface area (Å²) in [7, 11) is 0. The van der Waals surface area contributed by atoms with Crippen LogP contribution in [-0.2, 0) is 6.54 Å². The summed E-state index contributed by atoms with van der Waals surface area (Å²) >= 11 is 9.16. The molecule has 0 radical (unpaired) electrons. The number of hydrogen-bond acceptors (Lipinski definition) is 1. The summed E-state index contributed by atoms with van der Waals surface area (Å²) in [6.07, 6.45) is 3.64. The molecule has 4 heteroatoms. The molecule has 1 saturated carbocycles. The molecule has 0 atom stereocenters. The Morgan fingerprint density at radius 2 is 2.18 bits per heavy atom. The molecule has 17 heavy (non-hydrogen) atoms. The first-order chi connectivity index (χ1) is 8.15. The van der Waals surface area contributed by atoms with Crippen molar-refractivity contribution in [2.75, 3.05) is 12.4 Å². The molecule has 0 saturated heterocycles. The van der Waals surface area contributed by atoms with Crippen molar-refractivity contribution in [3.63, 3.8) is 0 Å². The van der Waals surface area contributed by atoms with Gasteiger partial charge in [0.2, 0.25) is 0 Å². The summed E-state index contributed by atoms with van der Waals surface area (Å²) in [5.74, 6) is 0.531. The number of alkyl halides is 1. The van der Waals surface area contributed by atoms with Crippen LogP contribution in [0.25, 0.3) is 0 Å². The summed E-state index contributed by atoms with van der Waals surface area (Å²) in [5, 5.41) is 3.44. The zero-order valence-electron chi connectivity index (χ0n) is 9.61. The van der Waals surface area contributed by atoms with Gasteiger partial charge in [-0.15, -0.1) is 11.6 Å². The molecule has 1 fully saturated rings. The van der Waals surface area contributed by atoms with Gasteiger partial charge in [0.25, 0.3) is 0 Å². The molecule has 0 aliphatic heterocycles.